The summed E-state index contributed by atoms with van der Waals surface area (Å²) < 4.78 is 0. The first kappa shape index (κ1) is 8.14. The Labute approximate surface area is 56.1 Å². The van der Waals surface area contributed by atoms with E-state index in [-0.39, 0.29) is 0 Å². The molecule has 0 fully saturated rings. The second-order valence-electron chi connectivity index (χ2n) is 1.65. The van der Waals surface area contributed by atoms with E-state index >= 15 is 0 Å². The molecule has 0 aromatic carbocycles. The van der Waals surface area contributed by atoms with Gasteiger partial charge in [-0.25, -0.2) is 0 Å². The Morgan fingerprint density at radius 1 is 1.56 bits per heavy atom. The van der Waals surface area contributed by atoms with E-state index < -0.39 is 0 Å². The Morgan fingerprint density at radius 3 is 2.67 bits per heavy atom. The zero-order valence-electron chi connectivity index (χ0n) is 6.20. The Kier molecular flexibility index (Phi) is 4.78. The maximum absolute atomic E-state index is 3.99. The Balaban J connectivity index is 3.48. The Morgan fingerprint density at radius 2 is 2.22 bits per heavy atom. The van der Waals surface area contributed by atoms with Gasteiger partial charge in [0.15, 0.2) is 0 Å². The highest BCUT2D eigenvalue weighted by atomic mass is 15.4. The van der Waals surface area contributed by atoms with Crippen LogP contribution in [0.5, 0.6) is 0 Å². The maximum Gasteiger partial charge on any atom is 0.105 e. The van der Waals surface area contributed by atoms with Crippen molar-refractivity contribution in [2.75, 3.05) is 14.1 Å². The van der Waals surface area contributed by atoms with E-state index in [1.165, 1.54) is 0 Å². The monoisotopic (exact) mass is 127 g/mol. The molecule has 0 spiro atoms. The fraction of sp³-hybridized carbons (Fsp3) is 0.667. The van der Waals surface area contributed by atoms with Crippen LogP contribution in [0.2, 0.25) is 0 Å². The third-order valence-electron chi connectivity index (χ3n) is 0.729. The molecule has 0 saturated heterocycles. The minimum Gasteiger partial charge on any atom is -0.277 e. The van der Waals surface area contributed by atoms with Crippen LogP contribution in [0, 0.1) is 0 Å². The van der Waals surface area contributed by atoms with E-state index in [4.69, 9.17) is 0 Å². The average Bonchev–Trinajstić information content (AvgIpc) is 1.85. The second-order valence-corrected chi connectivity index (χ2v) is 1.65. The van der Waals surface area contributed by atoms with Crippen molar-refractivity contribution in [2.24, 2.45) is 10.1 Å². The largest absolute Gasteiger partial charge is 0.277 e. The normalized spacial score (nSPS) is 11.4. The molecule has 0 heterocycles. The molecule has 0 radical (unpaired) electrons. The molecule has 0 saturated carbocycles. The van der Waals surface area contributed by atoms with Crippen LogP contribution < -0.4 is 0 Å². The van der Waals surface area contributed by atoms with Crippen LogP contribution >= 0.6 is 0 Å². The van der Waals surface area contributed by atoms with Gasteiger partial charge in [0.05, 0.1) is 0 Å². The molecule has 0 amide bonds. The summed E-state index contributed by atoms with van der Waals surface area (Å²) in [4.78, 5) is 3.78. The lowest BCUT2D eigenvalue weighted by atomic mass is 10.6. The van der Waals surface area contributed by atoms with Crippen molar-refractivity contribution in [3.05, 3.63) is 0 Å². The molecule has 9 heavy (non-hydrogen) atoms. The summed E-state index contributed by atoms with van der Waals surface area (Å²) in [5.74, 6) is 0. The second kappa shape index (κ2) is 5.28. The minimum atomic E-state index is 0.960. The molecule has 0 N–H and O–H groups in total. The lowest BCUT2D eigenvalue weighted by Crippen LogP contribution is -2.07. The molecule has 3 nitrogen and oxygen atoms in total. The van der Waals surface area contributed by atoms with Gasteiger partial charge in [0.2, 0.25) is 0 Å². The van der Waals surface area contributed by atoms with Gasteiger partial charge in [-0.15, -0.1) is 0 Å². The van der Waals surface area contributed by atoms with Crippen LogP contribution in [0.1, 0.15) is 13.3 Å². The van der Waals surface area contributed by atoms with E-state index in [1.807, 2.05) is 20.2 Å². The fourth-order valence-corrected chi connectivity index (χ4v) is 0.407. The molecule has 0 aromatic rings. The average molecular weight is 127 g/mol. The molecule has 0 unspecified atom stereocenters. The van der Waals surface area contributed by atoms with Crippen LogP contribution in [-0.4, -0.2) is 31.7 Å². The molecule has 0 aliphatic carbocycles. The van der Waals surface area contributed by atoms with Crippen LogP contribution in [0.15, 0.2) is 10.1 Å². The van der Waals surface area contributed by atoms with E-state index in [1.54, 1.807) is 18.4 Å². The molecular weight excluding hydrogens is 114 g/mol. The van der Waals surface area contributed by atoms with Gasteiger partial charge in [-0.05, 0) is 6.42 Å². The highest BCUT2D eigenvalue weighted by Gasteiger charge is 1.78. The summed E-state index contributed by atoms with van der Waals surface area (Å²) in [7, 11) is 3.57. The minimum absolute atomic E-state index is 0.960. The molecular formula is C6H13N3. The quantitative estimate of drug-likeness (QED) is 0.315. The number of nitrogens with zero attached hydrogens (tertiary/aromatic N) is 3. The van der Waals surface area contributed by atoms with Crippen molar-refractivity contribution in [2.45, 2.75) is 13.3 Å². The summed E-state index contributed by atoms with van der Waals surface area (Å²) in [5, 5.41) is 5.66. The molecule has 0 rings (SSSR count). The number of hydrogen-bond acceptors (Lipinski definition) is 2. The maximum atomic E-state index is 3.99. The lowest BCUT2D eigenvalue weighted by Gasteiger charge is -2.01. The van der Waals surface area contributed by atoms with Crippen LogP contribution in [0.3, 0.4) is 0 Å². The van der Waals surface area contributed by atoms with E-state index in [2.05, 4.69) is 10.1 Å². The van der Waals surface area contributed by atoms with Gasteiger partial charge in [0, 0.05) is 20.3 Å². The molecule has 3 heteroatoms. The summed E-state index contributed by atoms with van der Waals surface area (Å²) in [5.41, 5.74) is 0. The van der Waals surface area contributed by atoms with E-state index in [9.17, 15) is 0 Å². The summed E-state index contributed by atoms with van der Waals surface area (Å²) in [6, 6.07) is 0. The smallest absolute Gasteiger partial charge is 0.105 e. The van der Waals surface area contributed by atoms with Crippen LogP contribution in [0.4, 0.5) is 0 Å². The standard InChI is InChI=1S/C6H13N3/c1-4-5-8-9(3)6-7-2/h5-6H,4H2,1-3H3. The van der Waals surface area contributed by atoms with Crippen LogP contribution in [0.25, 0.3) is 0 Å². The summed E-state index contributed by atoms with van der Waals surface area (Å²) in [6.07, 6.45) is 4.45. The lowest BCUT2D eigenvalue weighted by molar-refractivity contribution is 0.562. The molecule has 0 aliphatic heterocycles. The van der Waals surface area contributed by atoms with Gasteiger partial charge < -0.3 is 0 Å². The Hall–Kier alpha value is -0.860. The predicted molar refractivity (Wildman–Crippen MR) is 41.0 cm³/mol. The summed E-state index contributed by atoms with van der Waals surface area (Å²) in [6.45, 7) is 2.04. The van der Waals surface area contributed by atoms with Gasteiger partial charge >= 0.3 is 0 Å². The van der Waals surface area contributed by atoms with Crippen molar-refractivity contribution < 1.29 is 0 Å². The van der Waals surface area contributed by atoms with E-state index in [0.717, 1.165) is 6.42 Å². The molecule has 52 valence electrons. The molecule has 0 aromatic heterocycles. The molecule has 0 atom stereocenters. The third-order valence-corrected chi connectivity index (χ3v) is 0.729. The first-order valence-corrected chi connectivity index (χ1v) is 2.98. The predicted octanol–water partition coefficient (Wildman–Crippen LogP) is 0.972. The fourth-order valence-electron chi connectivity index (χ4n) is 0.407. The topological polar surface area (TPSA) is 28.0 Å². The first-order chi connectivity index (χ1) is 4.31. The number of aliphatic imine (C=N–C) groups is 1. The number of hydrazone groups is 1. The van der Waals surface area contributed by atoms with Crippen molar-refractivity contribution in [3.8, 4) is 0 Å². The van der Waals surface area contributed by atoms with Gasteiger partial charge in [-0.1, -0.05) is 6.92 Å². The highest BCUT2D eigenvalue weighted by Crippen LogP contribution is 1.76. The highest BCUT2D eigenvalue weighted by molar-refractivity contribution is 5.60. The SMILES string of the molecule is CCC=NN(C)C=NC. The number of rotatable bonds is 3. The van der Waals surface area contributed by atoms with Crippen molar-refractivity contribution in [1.82, 2.24) is 5.01 Å². The van der Waals surface area contributed by atoms with Gasteiger partial charge in [0.1, 0.15) is 6.34 Å². The third kappa shape index (κ3) is 5.00. The zero-order chi connectivity index (χ0) is 7.11. The van der Waals surface area contributed by atoms with Crippen molar-refractivity contribution in [1.29, 1.82) is 0 Å². The van der Waals surface area contributed by atoms with Gasteiger partial charge in [0.25, 0.3) is 0 Å². The molecule has 0 bridgehead atoms. The number of hydrogen-bond donors (Lipinski definition) is 0. The Bertz CT molecular complexity index is 107. The molecule has 0 aliphatic rings. The van der Waals surface area contributed by atoms with Crippen molar-refractivity contribution in [3.63, 3.8) is 0 Å². The van der Waals surface area contributed by atoms with Gasteiger partial charge in [-0.3, -0.25) is 10.0 Å². The van der Waals surface area contributed by atoms with Crippen molar-refractivity contribution >= 4 is 12.6 Å². The first-order valence-electron chi connectivity index (χ1n) is 2.98. The zero-order valence-corrected chi connectivity index (χ0v) is 6.20. The van der Waals surface area contributed by atoms with E-state index in [0.29, 0.717) is 0 Å². The van der Waals surface area contributed by atoms with Gasteiger partial charge in [-0.2, -0.15) is 5.10 Å². The summed E-state index contributed by atoms with van der Waals surface area (Å²) >= 11 is 0. The van der Waals surface area contributed by atoms with Crippen LogP contribution in [-0.2, 0) is 0 Å².